The van der Waals surface area contributed by atoms with Crippen LogP contribution in [0.25, 0.3) is 0 Å². The number of esters is 2. The fourth-order valence-corrected chi connectivity index (χ4v) is 6.75. The number of aliphatic imine (C=N–C) groups is 1. The lowest BCUT2D eigenvalue weighted by atomic mass is 10.1. The van der Waals surface area contributed by atoms with Crippen LogP contribution in [0.4, 0.5) is 0 Å². The highest BCUT2D eigenvalue weighted by molar-refractivity contribution is 5.94. The zero-order chi connectivity index (χ0) is 46.7. The van der Waals surface area contributed by atoms with Crippen LogP contribution in [0, 0.1) is 0 Å². The molecule has 0 aliphatic rings. The maximum Gasteiger partial charge on any atom is 0.305 e. The SMILES string of the molecule is CC=N/C(=C\C)C(=O)NCCOCCOCCOCCOCC(COCCCCCCCC(=O)OCCCCCCCCC)OCCCCCCCC(=O)OCCCCCCCCC. The molecule has 0 saturated heterocycles. The molecule has 0 bridgehead atoms. The van der Waals surface area contributed by atoms with Crippen LogP contribution in [0.3, 0.4) is 0 Å². The summed E-state index contributed by atoms with van der Waals surface area (Å²) in [5.41, 5.74) is 0.383. The van der Waals surface area contributed by atoms with Crippen LogP contribution in [0.15, 0.2) is 16.8 Å². The third-order valence-corrected chi connectivity index (χ3v) is 10.6. The molecule has 13 nitrogen and oxygen atoms in total. The minimum Gasteiger partial charge on any atom is -0.466 e. The molecule has 0 aliphatic carbocycles. The Kier molecular flexibility index (Phi) is 49.6. The number of unbranched alkanes of at least 4 members (excludes halogenated alkanes) is 20. The highest BCUT2D eigenvalue weighted by Gasteiger charge is 2.11. The van der Waals surface area contributed by atoms with E-state index < -0.39 is 0 Å². The van der Waals surface area contributed by atoms with E-state index in [1.54, 1.807) is 26.1 Å². The molecule has 1 amide bonds. The number of hydrogen-bond donors (Lipinski definition) is 1. The van der Waals surface area contributed by atoms with Crippen molar-refractivity contribution in [2.75, 3.05) is 92.4 Å². The predicted octanol–water partition coefficient (Wildman–Crippen LogP) is 10.8. The van der Waals surface area contributed by atoms with Crippen molar-refractivity contribution in [3.8, 4) is 0 Å². The van der Waals surface area contributed by atoms with Crippen molar-refractivity contribution in [1.29, 1.82) is 0 Å². The van der Waals surface area contributed by atoms with Crippen LogP contribution in [0.2, 0.25) is 0 Å². The monoisotopic (exact) mass is 913 g/mol. The van der Waals surface area contributed by atoms with Crippen molar-refractivity contribution in [3.63, 3.8) is 0 Å². The van der Waals surface area contributed by atoms with Crippen LogP contribution in [0.5, 0.6) is 0 Å². The third kappa shape index (κ3) is 46.1. The smallest absolute Gasteiger partial charge is 0.305 e. The molecule has 0 rings (SSSR count). The van der Waals surface area contributed by atoms with Gasteiger partial charge in [0.15, 0.2) is 0 Å². The summed E-state index contributed by atoms with van der Waals surface area (Å²) in [6.45, 7) is 14.8. The van der Waals surface area contributed by atoms with E-state index in [0.717, 1.165) is 89.9 Å². The lowest BCUT2D eigenvalue weighted by Gasteiger charge is -2.18. The van der Waals surface area contributed by atoms with Gasteiger partial charge in [-0.25, -0.2) is 0 Å². The molecule has 1 unspecified atom stereocenters. The van der Waals surface area contributed by atoms with E-state index in [-0.39, 0.29) is 23.9 Å². The van der Waals surface area contributed by atoms with Gasteiger partial charge in [-0.2, -0.15) is 0 Å². The molecular formula is C51H96N2O11. The highest BCUT2D eigenvalue weighted by atomic mass is 16.6. The fourth-order valence-electron chi connectivity index (χ4n) is 6.75. The Morgan fingerprint density at radius 3 is 1.31 bits per heavy atom. The molecule has 0 aromatic rings. The van der Waals surface area contributed by atoms with Gasteiger partial charge in [0.2, 0.25) is 0 Å². The van der Waals surface area contributed by atoms with Crippen molar-refractivity contribution in [1.82, 2.24) is 5.32 Å². The van der Waals surface area contributed by atoms with Gasteiger partial charge in [0.25, 0.3) is 5.91 Å². The van der Waals surface area contributed by atoms with Gasteiger partial charge < -0.3 is 43.2 Å². The van der Waals surface area contributed by atoms with Crippen molar-refractivity contribution in [2.24, 2.45) is 4.99 Å². The Labute approximate surface area is 390 Å². The topological polar surface area (TPSA) is 149 Å². The maximum absolute atomic E-state index is 12.1. The molecule has 0 fully saturated rings. The Balaban J connectivity index is 4.18. The van der Waals surface area contributed by atoms with Crippen molar-refractivity contribution in [2.45, 2.75) is 201 Å². The number of hydrogen-bond acceptors (Lipinski definition) is 12. The van der Waals surface area contributed by atoms with Gasteiger partial charge in [0.05, 0.1) is 72.7 Å². The Bertz CT molecular complexity index is 1090. The molecule has 0 aromatic carbocycles. The first-order valence-corrected chi connectivity index (χ1v) is 25.7. The quantitative estimate of drug-likeness (QED) is 0.0269. The second kappa shape index (κ2) is 51.6. The number of nitrogens with one attached hydrogen (secondary N) is 1. The minimum atomic E-state index is -0.221. The van der Waals surface area contributed by atoms with Gasteiger partial charge in [-0.15, -0.1) is 0 Å². The molecule has 0 heterocycles. The van der Waals surface area contributed by atoms with E-state index >= 15 is 0 Å². The van der Waals surface area contributed by atoms with E-state index in [0.29, 0.717) is 111 Å². The summed E-state index contributed by atoms with van der Waals surface area (Å²) < 4.78 is 45.7. The molecule has 376 valence electrons. The van der Waals surface area contributed by atoms with Crippen molar-refractivity contribution >= 4 is 24.1 Å². The van der Waals surface area contributed by atoms with E-state index in [4.69, 9.17) is 37.9 Å². The molecule has 0 aliphatic heterocycles. The Morgan fingerprint density at radius 2 is 0.844 bits per heavy atom. The molecule has 0 aromatic heterocycles. The number of rotatable bonds is 51. The second-order valence-corrected chi connectivity index (χ2v) is 16.5. The average Bonchev–Trinajstić information content (AvgIpc) is 3.29. The summed E-state index contributed by atoms with van der Waals surface area (Å²) in [4.78, 5) is 40.1. The molecule has 1 N–H and O–H groups in total. The fraction of sp³-hybridized carbons (Fsp3) is 0.882. The highest BCUT2D eigenvalue weighted by Crippen LogP contribution is 2.12. The minimum absolute atomic E-state index is 0.0641. The van der Waals surface area contributed by atoms with E-state index in [9.17, 15) is 14.4 Å². The summed E-state index contributed by atoms with van der Waals surface area (Å²) in [5.74, 6) is -0.353. The first kappa shape index (κ1) is 61.6. The Morgan fingerprint density at radius 1 is 0.453 bits per heavy atom. The normalized spacial score (nSPS) is 12.3. The van der Waals surface area contributed by atoms with Gasteiger partial charge in [-0.05, 0) is 52.4 Å². The largest absolute Gasteiger partial charge is 0.466 e. The number of ether oxygens (including phenoxy) is 8. The molecule has 0 saturated carbocycles. The summed E-state index contributed by atoms with van der Waals surface area (Å²) in [7, 11) is 0. The summed E-state index contributed by atoms with van der Waals surface area (Å²) in [6.07, 6.45) is 31.1. The van der Waals surface area contributed by atoms with Gasteiger partial charge in [-0.3, -0.25) is 19.4 Å². The van der Waals surface area contributed by atoms with Crippen molar-refractivity contribution < 1.29 is 52.3 Å². The zero-order valence-corrected chi connectivity index (χ0v) is 41.5. The van der Waals surface area contributed by atoms with Gasteiger partial charge in [0, 0.05) is 38.8 Å². The standard InChI is InChI=1S/C51H96N2O11/c1-5-9-11-13-15-22-29-36-63-49(54)31-25-19-17-21-27-34-60-45-47(62-35-28-24-18-20-26-32-50(55)64-37-30-23-16-14-12-10-6-2)46-61-44-43-59-42-41-58-40-39-57-38-33-53-51(56)48(7-3)52-8-4/h7-8,47H,5-6,9-46H2,1-4H3,(H,53,56)/b48-7-,52-8?. The van der Waals surface area contributed by atoms with E-state index in [2.05, 4.69) is 24.2 Å². The molecule has 64 heavy (non-hydrogen) atoms. The number of amides is 1. The lowest BCUT2D eigenvalue weighted by molar-refractivity contribution is -0.144. The molecule has 0 radical (unpaired) electrons. The Hall–Kier alpha value is -2.42. The van der Waals surface area contributed by atoms with Gasteiger partial charge >= 0.3 is 11.9 Å². The van der Waals surface area contributed by atoms with Crippen LogP contribution in [-0.4, -0.2) is 123 Å². The van der Waals surface area contributed by atoms with Gasteiger partial charge in [-0.1, -0.05) is 135 Å². The first-order valence-electron chi connectivity index (χ1n) is 25.7. The van der Waals surface area contributed by atoms with Gasteiger partial charge in [0.1, 0.15) is 11.8 Å². The predicted molar refractivity (Wildman–Crippen MR) is 258 cm³/mol. The van der Waals surface area contributed by atoms with Crippen molar-refractivity contribution in [3.05, 3.63) is 11.8 Å². The van der Waals surface area contributed by atoms with Crippen LogP contribution >= 0.6 is 0 Å². The average molecular weight is 913 g/mol. The van der Waals surface area contributed by atoms with E-state index in [1.807, 2.05) is 0 Å². The zero-order valence-electron chi connectivity index (χ0n) is 41.5. The molecular weight excluding hydrogens is 817 g/mol. The number of carbonyl (C=O) groups is 3. The van der Waals surface area contributed by atoms with Crippen LogP contribution in [-0.2, 0) is 52.3 Å². The number of allylic oxidation sites excluding steroid dienone is 1. The maximum atomic E-state index is 12.1. The second-order valence-electron chi connectivity index (χ2n) is 16.5. The first-order chi connectivity index (χ1) is 31.5. The lowest BCUT2D eigenvalue weighted by Crippen LogP contribution is -2.28. The molecule has 13 heteroatoms. The molecule has 1 atom stereocenters. The van der Waals surface area contributed by atoms with E-state index in [1.165, 1.54) is 64.2 Å². The summed E-state index contributed by atoms with van der Waals surface area (Å²) >= 11 is 0. The number of nitrogens with zero attached hydrogens (tertiary/aromatic N) is 1. The third-order valence-electron chi connectivity index (χ3n) is 10.6. The number of carbonyl (C=O) groups excluding carboxylic acids is 3. The van der Waals surface area contributed by atoms with Crippen LogP contribution < -0.4 is 5.32 Å². The van der Waals surface area contributed by atoms with Crippen LogP contribution in [0.1, 0.15) is 195 Å². The summed E-state index contributed by atoms with van der Waals surface area (Å²) in [5, 5.41) is 2.77. The molecule has 0 spiro atoms. The summed E-state index contributed by atoms with van der Waals surface area (Å²) in [6, 6.07) is 0.